The quantitative estimate of drug-likeness (QED) is 0.123. The topological polar surface area (TPSA) is 113 Å². The Bertz CT molecular complexity index is 1450. The van der Waals surface area contributed by atoms with Gasteiger partial charge < -0.3 is 30.1 Å². The number of amides is 2. The second-order valence-corrected chi connectivity index (χ2v) is 11.4. The molecule has 43 heavy (non-hydrogen) atoms. The molecule has 5 rings (SSSR count). The lowest BCUT2D eigenvalue weighted by Crippen LogP contribution is -2.30. The molecule has 2 aromatic carbocycles. The molecule has 13 heteroatoms. The second-order valence-electron chi connectivity index (χ2n) is 10.6. The van der Waals surface area contributed by atoms with Gasteiger partial charge in [0.15, 0.2) is 23.9 Å². The first kappa shape index (κ1) is 30.6. The minimum atomic E-state index is -3.06. The molecule has 2 saturated carbocycles. The molecule has 0 saturated heterocycles. The lowest BCUT2D eigenvalue weighted by atomic mass is 10.0. The van der Waals surface area contributed by atoms with Crippen LogP contribution in [0.2, 0.25) is 10.0 Å². The van der Waals surface area contributed by atoms with E-state index in [0.29, 0.717) is 46.5 Å². The number of benzene rings is 2. The summed E-state index contributed by atoms with van der Waals surface area (Å²) >= 11 is 12.6. The van der Waals surface area contributed by atoms with Crippen molar-refractivity contribution in [2.75, 3.05) is 18.5 Å². The van der Waals surface area contributed by atoms with Crippen LogP contribution in [0.25, 0.3) is 0 Å². The number of anilines is 1. The van der Waals surface area contributed by atoms with Gasteiger partial charge in [0.25, 0.3) is 0 Å². The number of aromatic nitrogens is 1. The van der Waals surface area contributed by atoms with E-state index in [0.717, 1.165) is 38.1 Å². The minimum Gasteiger partial charge on any atom is -0.619 e. The summed E-state index contributed by atoms with van der Waals surface area (Å²) in [6, 6.07) is 10.1. The first-order valence-corrected chi connectivity index (χ1v) is 14.5. The number of ether oxygens (including phenoxy) is 3. The Balaban J connectivity index is 1.37. The number of carbonyl (C=O) groups excluding carboxylic acids is 2. The van der Waals surface area contributed by atoms with E-state index in [1.165, 1.54) is 30.3 Å². The van der Waals surface area contributed by atoms with Crippen molar-refractivity contribution in [3.63, 3.8) is 0 Å². The summed E-state index contributed by atoms with van der Waals surface area (Å²) in [5, 5.41) is 17.4. The molecule has 1 aromatic heterocycles. The van der Waals surface area contributed by atoms with Gasteiger partial charge in [-0.3, -0.25) is 0 Å². The highest BCUT2D eigenvalue weighted by molar-refractivity contribution is 6.35. The van der Waals surface area contributed by atoms with E-state index in [9.17, 15) is 23.6 Å². The summed E-state index contributed by atoms with van der Waals surface area (Å²) in [6.45, 7) is -2.12. The minimum absolute atomic E-state index is 0.0395. The van der Waals surface area contributed by atoms with Crippen LogP contribution in [0.15, 0.2) is 54.9 Å². The second kappa shape index (κ2) is 13.6. The van der Waals surface area contributed by atoms with Gasteiger partial charge in [0.05, 0.1) is 12.2 Å². The summed E-state index contributed by atoms with van der Waals surface area (Å²) in [6.07, 6.45) is 5.38. The van der Waals surface area contributed by atoms with Crippen molar-refractivity contribution >= 4 is 40.9 Å². The Morgan fingerprint density at radius 1 is 0.977 bits per heavy atom. The van der Waals surface area contributed by atoms with Gasteiger partial charge in [0.2, 0.25) is 0 Å². The first-order valence-electron chi connectivity index (χ1n) is 13.8. The zero-order valence-electron chi connectivity index (χ0n) is 22.9. The van der Waals surface area contributed by atoms with E-state index in [-0.39, 0.29) is 39.6 Å². The molecule has 1 heterocycles. The third-order valence-electron chi connectivity index (χ3n) is 7.05. The van der Waals surface area contributed by atoms with Crippen LogP contribution in [0.5, 0.6) is 11.5 Å². The van der Waals surface area contributed by atoms with Gasteiger partial charge in [0.1, 0.15) is 16.1 Å². The van der Waals surface area contributed by atoms with E-state index in [1.54, 1.807) is 12.1 Å². The van der Waals surface area contributed by atoms with Crippen molar-refractivity contribution in [1.82, 2.24) is 5.32 Å². The van der Waals surface area contributed by atoms with Crippen molar-refractivity contribution in [3.8, 4) is 11.5 Å². The molecule has 0 bridgehead atoms. The number of urea groups is 1. The molecule has 1 unspecified atom stereocenters. The van der Waals surface area contributed by atoms with E-state index in [4.69, 9.17) is 32.7 Å². The number of rotatable bonds is 13. The zero-order chi connectivity index (χ0) is 30.5. The Hall–Kier alpha value is -3.83. The third kappa shape index (κ3) is 8.84. The van der Waals surface area contributed by atoms with Crippen LogP contribution < -0.4 is 24.8 Å². The SMILES string of the molecule is O=C(NCC1CC1)Nc1ccc(C(=O)OC(Cc2c(Cl)c[n+]([O-])cc2Cl)c2ccc(OC(F)F)c(OCC3CC3)c2)cc1. The van der Waals surface area contributed by atoms with Gasteiger partial charge in [0, 0.05) is 24.2 Å². The van der Waals surface area contributed by atoms with Crippen LogP contribution in [0.1, 0.15) is 53.3 Å². The highest BCUT2D eigenvalue weighted by Crippen LogP contribution is 2.38. The molecular formula is C30H29Cl2F2N3O6. The molecule has 0 aliphatic heterocycles. The molecule has 2 aliphatic rings. The number of hydrogen-bond acceptors (Lipinski definition) is 6. The summed E-state index contributed by atoms with van der Waals surface area (Å²) in [5.41, 5.74) is 1.43. The molecule has 0 radical (unpaired) electrons. The van der Waals surface area contributed by atoms with Gasteiger partial charge in [-0.15, -0.1) is 0 Å². The maximum atomic E-state index is 13.3. The maximum Gasteiger partial charge on any atom is 0.387 e. The van der Waals surface area contributed by atoms with Crippen LogP contribution in [-0.2, 0) is 11.2 Å². The average Bonchev–Trinajstić information content (AvgIpc) is 3.88. The fraction of sp³-hybridized carbons (Fsp3) is 0.367. The first-order chi connectivity index (χ1) is 20.6. The third-order valence-corrected chi connectivity index (χ3v) is 7.70. The summed E-state index contributed by atoms with van der Waals surface area (Å²) in [4.78, 5) is 25.4. The number of nitrogens with one attached hydrogen (secondary N) is 2. The van der Waals surface area contributed by atoms with Crippen LogP contribution in [0.3, 0.4) is 0 Å². The fourth-order valence-electron chi connectivity index (χ4n) is 4.28. The van der Waals surface area contributed by atoms with Gasteiger partial charge in [-0.2, -0.15) is 13.5 Å². The summed E-state index contributed by atoms with van der Waals surface area (Å²) in [5.74, 6) is 0.0801. The van der Waals surface area contributed by atoms with Crippen LogP contribution in [0, 0.1) is 17.0 Å². The smallest absolute Gasteiger partial charge is 0.387 e. The number of esters is 1. The van der Waals surface area contributed by atoms with Gasteiger partial charge in [-0.25, -0.2) is 9.59 Å². The van der Waals surface area contributed by atoms with Gasteiger partial charge >= 0.3 is 18.6 Å². The van der Waals surface area contributed by atoms with Crippen molar-refractivity contribution in [1.29, 1.82) is 0 Å². The number of hydrogen-bond donors (Lipinski definition) is 2. The van der Waals surface area contributed by atoms with Crippen molar-refractivity contribution < 1.29 is 37.3 Å². The Morgan fingerprint density at radius 3 is 2.28 bits per heavy atom. The lowest BCUT2D eigenvalue weighted by molar-refractivity contribution is -0.605. The molecule has 1 atom stereocenters. The van der Waals surface area contributed by atoms with Crippen LogP contribution in [0.4, 0.5) is 19.3 Å². The number of halogens is 4. The number of pyridine rings is 1. The summed E-state index contributed by atoms with van der Waals surface area (Å²) < 4.78 is 42.9. The van der Waals surface area contributed by atoms with Crippen LogP contribution in [-0.4, -0.2) is 31.8 Å². The molecule has 9 nitrogen and oxygen atoms in total. The van der Waals surface area contributed by atoms with Gasteiger partial charge in [-0.1, -0.05) is 29.3 Å². The van der Waals surface area contributed by atoms with Crippen LogP contribution >= 0.6 is 23.2 Å². The molecule has 2 fully saturated rings. The van der Waals surface area contributed by atoms with E-state index >= 15 is 0 Å². The van der Waals surface area contributed by atoms with E-state index in [2.05, 4.69) is 15.4 Å². The molecule has 2 aliphatic carbocycles. The normalized spacial score (nSPS) is 15.1. The average molecular weight is 636 g/mol. The lowest BCUT2D eigenvalue weighted by Gasteiger charge is -2.21. The predicted octanol–water partition coefficient (Wildman–Crippen LogP) is 6.69. The number of carbonyl (C=O) groups is 2. The largest absolute Gasteiger partial charge is 0.619 e. The Kier molecular flexibility index (Phi) is 9.72. The standard InChI is InChI=1S/C30H29Cl2F2N3O6/c31-23-14-37(40)15-24(32)22(23)12-26(20-7-10-25(43-29(33)34)27(11-20)41-16-18-3-4-18)42-28(38)19-5-8-21(9-6-19)36-30(39)35-13-17-1-2-17/h5-11,14-15,17-18,26,29H,1-4,12-13,16H2,(H2,35,36,39). The summed E-state index contributed by atoms with van der Waals surface area (Å²) in [7, 11) is 0. The predicted molar refractivity (Wildman–Crippen MR) is 155 cm³/mol. The molecule has 2 N–H and O–H groups in total. The molecule has 0 spiro atoms. The molecule has 228 valence electrons. The monoisotopic (exact) mass is 635 g/mol. The van der Waals surface area contributed by atoms with E-state index < -0.39 is 18.7 Å². The maximum absolute atomic E-state index is 13.3. The van der Waals surface area contributed by atoms with Crippen molar-refractivity contribution in [2.24, 2.45) is 11.8 Å². The molecule has 2 amide bonds. The van der Waals surface area contributed by atoms with E-state index in [1.807, 2.05) is 0 Å². The zero-order valence-corrected chi connectivity index (χ0v) is 24.4. The highest BCUT2D eigenvalue weighted by Gasteiger charge is 2.27. The highest BCUT2D eigenvalue weighted by atomic mass is 35.5. The number of nitrogens with zero attached hydrogens (tertiary/aromatic N) is 1. The molecule has 3 aromatic rings. The van der Waals surface area contributed by atoms with Crippen molar-refractivity contribution in [2.45, 2.75) is 44.8 Å². The Labute approximate surface area is 256 Å². The fourth-order valence-corrected chi connectivity index (χ4v) is 4.88. The number of alkyl halides is 2. The van der Waals surface area contributed by atoms with Crippen molar-refractivity contribution in [3.05, 3.63) is 86.8 Å². The molecular weight excluding hydrogens is 607 g/mol. The Morgan fingerprint density at radius 2 is 1.65 bits per heavy atom. The van der Waals surface area contributed by atoms with Gasteiger partial charge in [-0.05, 0) is 79.5 Å².